The van der Waals surface area contributed by atoms with Gasteiger partial charge in [0, 0.05) is 11.6 Å². The minimum Gasteiger partial charge on any atom is -0.388 e. The average Bonchev–Trinajstić information content (AvgIpc) is 2.30. The van der Waals surface area contributed by atoms with Crippen molar-refractivity contribution in [3.63, 3.8) is 0 Å². The van der Waals surface area contributed by atoms with Crippen LogP contribution in [0.2, 0.25) is 5.02 Å². The Hall–Kier alpha value is -1.33. The van der Waals surface area contributed by atoms with Gasteiger partial charge in [-0.05, 0) is 31.0 Å². The Kier molecular flexibility index (Phi) is 5.14. The zero-order valence-electron chi connectivity index (χ0n) is 11.1. The van der Waals surface area contributed by atoms with Crippen LogP contribution in [0.5, 0.6) is 0 Å². The van der Waals surface area contributed by atoms with Gasteiger partial charge in [-0.25, -0.2) is 9.18 Å². The average molecular weight is 289 g/mol. The Balaban J connectivity index is 2.57. The number of hydrogen-bond donors (Lipinski definition) is 3. The van der Waals surface area contributed by atoms with Crippen molar-refractivity contribution in [2.24, 2.45) is 5.92 Å². The molecule has 0 spiro atoms. The van der Waals surface area contributed by atoms with Gasteiger partial charge in [-0.1, -0.05) is 25.4 Å². The topological polar surface area (TPSA) is 61.4 Å². The Morgan fingerprint density at radius 3 is 2.68 bits per heavy atom. The lowest BCUT2D eigenvalue weighted by molar-refractivity contribution is 0.0170. The van der Waals surface area contributed by atoms with Crippen molar-refractivity contribution in [1.29, 1.82) is 0 Å². The van der Waals surface area contributed by atoms with Gasteiger partial charge < -0.3 is 15.7 Å². The van der Waals surface area contributed by atoms with Crippen LogP contribution in [-0.2, 0) is 0 Å². The van der Waals surface area contributed by atoms with Gasteiger partial charge >= 0.3 is 6.03 Å². The molecule has 19 heavy (non-hydrogen) atoms. The monoisotopic (exact) mass is 288 g/mol. The fraction of sp³-hybridized carbons (Fsp3) is 0.462. The Bertz CT molecular complexity index is 464. The summed E-state index contributed by atoms with van der Waals surface area (Å²) in [6.45, 7) is 5.39. The first-order chi connectivity index (χ1) is 8.72. The van der Waals surface area contributed by atoms with Gasteiger partial charge in [0.1, 0.15) is 5.82 Å². The van der Waals surface area contributed by atoms with E-state index in [0.29, 0.717) is 0 Å². The molecule has 1 rings (SSSR count). The number of urea groups is 1. The number of nitrogens with one attached hydrogen (secondary N) is 2. The molecule has 1 aromatic rings. The molecule has 1 unspecified atom stereocenters. The third-order valence-electron chi connectivity index (χ3n) is 3.03. The SMILES string of the molecule is CC(C)C(C)(O)CNC(=O)Nc1ccc(Cl)cc1F. The van der Waals surface area contributed by atoms with Crippen LogP contribution < -0.4 is 10.6 Å². The Morgan fingerprint density at radius 1 is 1.53 bits per heavy atom. The van der Waals surface area contributed by atoms with Crippen molar-refractivity contribution >= 4 is 23.3 Å². The van der Waals surface area contributed by atoms with E-state index in [9.17, 15) is 14.3 Å². The van der Waals surface area contributed by atoms with Gasteiger partial charge in [0.2, 0.25) is 0 Å². The summed E-state index contributed by atoms with van der Waals surface area (Å²) < 4.78 is 13.4. The van der Waals surface area contributed by atoms with Crippen LogP contribution in [-0.4, -0.2) is 23.3 Å². The fourth-order valence-corrected chi connectivity index (χ4v) is 1.38. The third kappa shape index (κ3) is 4.69. The molecule has 1 aromatic carbocycles. The maximum Gasteiger partial charge on any atom is 0.319 e. The van der Waals surface area contributed by atoms with Gasteiger partial charge in [-0.3, -0.25) is 0 Å². The summed E-state index contributed by atoms with van der Waals surface area (Å²) >= 11 is 5.61. The summed E-state index contributed by atoms with van der Waals surface area (Å²) in [4.78, 5) is 11.6. The van der Waals surface area contributed by atoms with Crippen molar-refractivity contribution < 1.29 is 14.3 Å². The van der Waals surface area contributed by atoms with Crippen LogP contribution in [0, 0.1) is 11.7 Å². The quantitative estimate of drug-likeness (QED) is 0.797. The number of anilines is 1. The predicted molar refractivity (Wildman–Crippen MR) is 73.9 cm³/mol. The number of rotatable bonds is 4. The number of aliphatic hydroxyl groups is 1. The first-order valence-electron chi connectivity index (χ1n) is 5.94. The molecule has 0 aliphatic rings. The molecule has 3 N–H and O–H groups in total. The van der Waals surface area contributed by atoms with Crippen LogP contribution in [0.1, 0.15) is 20.8 Å². The van der Waals surface area contributed by atoms with Crippen molar-refractivity contribution in [2.75, 3.05) is 11.9 Å². The first kappa shape index (κ1) is 15.7. The number of amides is 2. The highest BCUT2D eigenvalue weighted by Gasteiger charge is 2.25. The molecule has 0 aliphatic heterocycles. The van der Waals surface area contributed by atoms with E-state index in [1.807, 2.05) is 13.8 Å². The van der Waals surface area contributed by atoms with E-state index in [0.717, 1.165) is 6.07 Å². The Morgan fingerprint density at radius 2 is 2.16 bits per heavy atom. The normalized spacial score (nSPS) is 14.1. The molecule has 1 atom stereocenters. The van der Waals surface area contributed by atoms with Crippen LogP contribution in [0.15, 0.2) is 18.2 Å². The van der Waals surface area contributed by atoms with Crippen LogP contribution in [0.25, 0.3) is 0 Å². The van der Waals surface area contributed by atoms with Crippen molar-refractivity contribution in [2.45, 2.75) is 26.4 Å². The Labute approximate surface area is 117 Å². The first-order valence-corrected chi connectivity index (χ1v) is 6.32. The highest BCUT2D eigenvalue weighted by atomic mass is 35.5. The maximum absolute atomic E-state index is 13.4. The molecule has 0 radical (unpaired) electrons. The second-order valence-electron chi connectivity index (χ2n) is 4.94. The van der Waals surface area contributed by atoms with Crippen molar-refractivity contribution in [3.8, 4) is 0 Å². The molecule has 4 nitrogen and oxygen atoms in total. The number of halogens is 2. The summed E-state index contributed by atoms with van der Waals surface area (Å²) in [6.07, 6.45) is 0. The van der Waals surface area contributed by atoms with Gasteiger partial charge in [0.15, 0.2) is 0 Å². The van der Waals surface area contributed by atoms with Crippen LogP contribution in [0.4, 0.5) is 14.9 Å². The molecular weight excluding hydrogens is 271 g/mol. The van der Waals surface area contributed by atoms with Crippen molar-refractivity contribution in [3.05, 3.63) is 29.0 Å². The van der Waals surface area contributed by atoms with E-state index < -0.39 is 17.4 Å². The summed E-state index contributed by atoms with van der Waals surface area (Å²) in [5, 5.41) is 15.1. The molecular formula is C13H18ClFN2O2. The molecule has 0 saturated carbocycles. The second-order valence-corrected chi connectivity index (χ2v) is 5.38. The van der Waals surface area contributed by atoms with E-state index in [2.05, 4.69) is 10.6 Å². The van der Waals surface area contributed by atoms with Gasteiger partial charge in [-0.15, -0.1) is 0 Å². The summed E-state index contributed by atoms with van der Waals surface area (Å²) in [5.74, 6) is -0.627. The minimum atomic E-state index is -1.02. The zero-order valence-corrected chi connectivity index (χ0v) is 11.9. The molecule has 6 heteroatoms. The smallest absolute Gasteiger partial charge is 0.319 e. The number of carbonyl (C=O) groups is 1. The van der Waals surface area contributed by atoms with E-state index in [-0.39, 0.29) is 23.2 Å². The lowest BCUT2D eigenvalue weighted by atomic mass is 9.93. The summed E-state index contributed by atoms with van der Waals surface area (Å²) in [5.41, 5.74) is -0.985. The van der Waals surface area contributed by atoms with Crippen LogP contribution in [0.3, 0.4) is 0 Å². The van der Waals surface area contributed by atoms with Gasteiger partial charge in [-0.2, -0.15) is 0 Å². The maximum atomic E-state index is 13.4. The van der Waals surface area contributed by atoms with E-state index in [1.54, 1.807) is 6.92 Å². The van der Waals surface area contributed by atoms with E-state index in [1.165, 1.54) is 12.1 Å². The molecule has 2 amide bonds. The molecule has 106 valence electrons. The third-order valence-corrected chi connectivity index (χ3v) is 3.27. The summed E-state index contributed by atoms with van der Waals surface area (Å²) in [6, 6.07) is 3.38. The lowest BCUT2D eigenvalue weighted by Gasteiger charge is -2.27. The zero-order chi connectivity index (χ0) is 14.6. The lowest BCUT2D eigenvalue weighted by Crippen LogP contribution is -2.45. The molecule has 0 aliphatic carbocycles. The van der Waals surface area contributed by atoms with E-state index in [4.69, 9.17) is 11.6 Å². The predicted octanol–water partition coefficient (Wildman–Crippen LogP) is 3.01. The van der Waals surface area contributed by atoms with Gasteiger partial charge in [0.05, 0.1) is 11.3 Å². The fourth-order valence-electron chi connectivity index (χ4n) is 1.22. The highest BCUT2D eigenvalue weighted by molar-refractivity contribution is 6.30. The van der Waals surface area contributed by atoms with Gasteiger partial charge in [0.25, 0.3) is 0 Å². The number of carbonyl (C=O) groups excluding carboxylic acids is 1. The van der Waals surface area contributed by atoms with Crippen LogP contribution >= 0.6 is 11.6 Å². The standard InChI is InChI=1S/C13H18ClFN2O2/c1-8(2)13(3,19)7-16-12(18)17-11-5-4-9(14)6-10(11)15/h4-6,8,19H,7H2,1-3H3,(H2,16,17,18). The number of benzene rings is 1. The molecule has 0 saturated heterocycles. The van der Waals surface area contributed by atoms with Crippen molar-refractivity contribution in [1.82, 2.24) is 5.32 Å². The molecule has 0 bridgehead atoms. The molecule has 0 fully saturated rings. The van der Waals surface area contributed by atoms with E-state index >= 15 is 0 Å². The molecule has 0 heterocycles. The summed E-state index contributed by atoms with van der Waals surface area (Å²) in [7, 11) is 0. The number of hydrogen-bond acceptors (Lipinski definition) is 2. The second kappa shape index (κ2) is 6.21. The highest BCUT2D eigenvalue weighted by Crippen LogP contribution is 2.19. The largest absolute Gasteiger partial charge is 0.388 e. The molecule has 0 aromatic heterocycles. The minimum absolute atomic E-state index is 0.0138.